The first-order chi connectivity index (χ1) is 9.56. The summed E-state index contributed by atoms with van der Waals surface area (Å²) >= 11 is 5.80. The molecule has 0 saturated heterocycles. The highest BCUT2D eigenvalue weighted by Crippen LogP contribution is 2.19. The smallest absolute Gasteiger partial charge is 0.307 e. The quantitative estimate of drug-likeness (QED) is 0.905. The van der Waals surface area contributed by atoms with Crippen LogP contribution >= 0.6 is 11.6 Å². The first kappa shape index (κ1) is 14.5. The lowest BCUT2D eigenvalue weighted by molar-refractivity contribution is -0.141. The maximum atomic E-state index is 13.6. The summed E-state index contributed by atoms with van der Waals surface area (Å²) in [6.45, 7) is 0. The Morgan fingerprint density at radius 3 is 2.35 bits per heavy atom. The first-order valence-electron chi connectivity index (χ1n) is 6.27. The fraction of sp³-hybridized carbons (Fsp3) is 0.188. The molecule has 1 N–H and O–H groups in total. The number of benzene rings is 2. The van der Waals surface area contributed by atoms with E-state index in [0.717, 1.165) is 5.56 Å². The lowest BCUT2D eigenvalue weighted by atomic mass is 9.92. The third-order valence-corrected chi connectivity index (χ3v) is 3.42. The van der Waals surface area contributed by atoms with Gasteiger partial charge >= 0.3 is 5.97 Å². The highest BCUT2D eigenvalue weighted by molar-refractivity contribution is 6.30. The second kappa shape index (κ2) is 6.53. The number of hydrogen-bond donors (Lipinski definition) is 1. The summed E-state index contributed by atoms with van der Waals surface area (Å²) in [5, 5.41) is 9.90. The molecule has 0 amide bonds. The molecule has 0 bridgehead atoms. The Kier molecular flexibility index (Phi) is 4.74. The van der Waals surface area contributed by atoms with Gasteiger partial charge in [0.2, 0.25) is 0 Å². The van der Waals surface area contributed by atoms with Gasteiger partial charge in [-0.3, -0.25) is 4.79 Å². The van der Waals surface area contributed by atoms with Crippen LogP contribution in [-0.2, 0) is 17.6 Å². The summed E-state index contributed by atoms with van der Waals surface area (Å²) in [6.07, 6.45) is 0.519. The standard InChI is InChI=1S/C16H14ClFO2/c17-14-7-5-11(6-8-14)9-13(16(19)20)10-12-3-1-2-4-15(12)18/h1-8,13H,9-10H2,(H,19,20). The van der Waals surface area contributed by atoms with Crippen molar-refractivity contribution in [3.8, 4) is 0 Å². The van der Waals surface area contributed by atoms with E-state index in [1.54, 1.807) is 42.5 Å². The Bertz CT molecular complexity index is 596. The molecule has 1 atom stereocenters. The van der Waals surface area contributed by atoms with Crippen molar-refractivity contribution in [2.75, 3.05) is 0 Å². The van der Waals surface area contributed by atoms with Crippen LogP contribution < -0.4 is 0 Å². The minimum Gasteiger partial charge on any atom is -0.481 e. The fourth-order valence-electron chi connectivity index (χ4n) is 2.08. The van der Waals surface area contributed by atoms with E-state index in [-0.39, 0.29) is 12.2 Å². The molecular weight excluding hydrogens is 279 g/mol. The molecule has 2 nitrogen and oxygen atoms in total. The molecule has 0 aromatic heterocycles. The molecule has 0 spiro atoms. The Hall–Kier alpha value is -1.87. The molecule has 2 aromatic carbocycles. The second-order valence-corrected chi connectivity index (χ2v) is 5.10. The van der Waals surface area contributed by atoms with Crippen molar-refractivity contribution in [2.45, 2.75) is 12.8 Å². The summed E-state index contributed by atoms with van der Waals surface area (Å²) in [5.74, 6) is -1.95. The lowest BCUT2D eigenvalue weighted by Gasteiger charge is -2.13. The minimum atomic E-state index is -0.928. The summed E-state index contributed by atoms with van der Waals surface area (Å²) in [7, 11) is 0. The number of aliphatic carboxylic acids is 1. The highest BCUT2D eigenvalue weighted by atomic mass is 35.5. The van der Waals surface area contributed by atoms with Crippen molar-refractivity contribution in [1.29, 1.82) is 0 Å². The van der Waals surface area contributed by atoms with Crippen LogP contribution in [0.15, 0.2) is 48.5 Å². The molecule has 2 rings (SSSR count). The summed E-state index contributed by atoms with van der Waals surface area (Å²) in [6, 6.07) is 13.3. The van der Waals surface area contributed by atoms with Crippen LogP contribution in [0, 0.1) is 11.7 Å². The average molecular weight is 293 g/mol. The zero-order chi connectivity index (χ0) is 14.5. The van der Waals surface area contributed by atoms with Gasteiger partial charge in [-0.1, -0.05) is 41.9 Å². The van der Waals surface area contributed by atoms with E-state index in [1.165, 1.54) is 6.07 Å². The van der Waals surface area contributed by atoms with Crippen molar-refractivity contribution >= 4 is 17.6 Å². The van der Waals surface area contributed by atoms with Gasteiger partial charge in [0, 0.05) is 5.02 Å². The normalized spacial score (nSPS) is 12.1. The molecule has 2 aromatic rings. The van der Waals surface area contributed by atoms with E-state index in [1.807, 2.05) is 0 Å². The van der Waals surface area contributed by atoms with Gasteiger partial charge in [0.1, 0.15) is 5.82 Å². The molecular formula is C16H14ClFO2. The van der Waals surface area contributed by atoms with E-state index < -0.39 is 11.9 Å². The second-order valence-electron chi connectivity index (χ2n) is 4.66. The van der Waals surface area contributed by atoms with Crippen LogP contribution in [0.5, 0.6) is 0 Å². The maximum Gasteiger partial charge on any atom is 0.307 e. The Morgan fingerprint density at radius 2 is 1.75 bits per heavy atom. The number of hydrogen-bond acceptors (Lipinski definition) is 1. The molecule has 104 valence electrons. The van der Waals surface area contributed by atoms with Gasteiger partial charge in [-0.2, -0.15) is 0 Å². The molecule has 20 heavy (non-hydrogen) atoms. The van der Waals surface area contributed by atoms with Crippen LogP contribution in [-0.4, -0.2) is 11.1 Å². The van der Waals surface area contributed by atoms with Gasteiger partial charge in [-0.05, 0) is 42.2 Å². The van der Waals surface area contributed by atoms with Gasteiger partial charge in [-0.15, -0.1) is 0 Å². The Labute approximate surface area is 121 Å². The highest BCUT2D eigenvalue weighted by Gasteiger charge is 2.20. The molecule has 0 saturated carbocycles. The van der Waals surface area contributed by atoms with Crippen LogP contribution in [0.25, 0.3) is 0 Å². The van der Waals surface area contributed by atoms with Crippen molar-refractivity contribution in [3.63, 3.8) is 0 Å². The SMILES string of the molecule is O=C(O)C(Cc1ccc(Cl)cc1)Cc1ccccc1F. The molecule has 0 aliphatic heterocycles. The van der Waals surface area contributed by atoms with Crippen molar-refractivity contribution in [3.05, 3.63) is 70.5 Å². The van der Waals surface area contributed by atoms with Gasteiger partial charge in [0.25, 0.3) is 0 Å². The van der Waals surface area contributed by atoms with Gasteiger partial charge in [-0.25, -0.2) is 4.39 Å². The number of carbonyl (C=O) groups is 1. The topological polar surface area (TPSA) is 37.3 Å². The molecule has 0 aliphatic carbocycles. The molecule has 0 aliphatic rings. The molecule has 0 radical (unpaired) electrons. The zero-order valence-corrected chi connectivity index (χ0v) is 11.5. The third kappa shape index (κ3) is 3.81. The number of carboxylic acids is 1. The maximum absolute atomic E-state index is 13.6. The summed E-state index contributed by atoms with van der Waals surface area (Å²) < 4.78 is 13.6. The van der Waals surface area contributed by atoms with E-state index in [0.29, 0.717) is 17.0 Å². The monoisotopic (exact) mass is 292 g/mol. The van der Waals surface area contributed by atoms with Gasteiger partial charge < -0.3 is 5.11 Å². The third-order valence-electron chi connectivity index (χ3n) is 3.17. The van der Waals surface area contributed by atoms with Crippen LogP contribution in [0.4, 0.5) is 4.39 Å². The summed E-state index contributed by atoms with van der Waals surface area (Å²) in [5.41, 5.74) is 1.30. The minimum absolute atomic E-state index is 0.171. The van der Waals surface area contributed by atoms with E-state index in [2.05, 4.69) is 0 Å². The fourth-order valence-corrected chi connectivity index (χ4v) is 2.21. The lowest BCUT2D eigenvalue weighted by Crippen LogP contribution is -2.19. The van der Waals surface area contributed by atoms with Gasteiger partial charge in [0.05, 0.1) is 5.92 Å². The average Bonchev–Trinajstić information content (AvgIpc) is 2.42. The molecule has 0 fully saturated rings. The summed E-state index contributed by atoms with van der Waals surface area (Å²) in [4.78, 5) is 11.3. The number of rotatable bonds is 5. The van der Waals surface area contributed by atoms with E-state index >= 15 is 0 Å². The molecule has 4 heteroatoms. The van der Waals surface area contributed by atoms with Crippen LogP contribution in [0.1, 0.15) is 11.1 Å². The number of carboxylic acid groups (broad SMARTS) is 1. The predicted octanol–water partition coefficient (Wildman–Crippen LogP) is 3.97. The molecule has 1 unspecified atom stereocenters. The first-order valence-corrected chi connectivity index (χ1v) is 6.64. The van der Waals surface area contributed by atoms with Crippen LogP contribution in [0.2, 0.25) is 5.02 Å². The predicted molar refractivity (Wildman–Crippen MR) is 76.4 cm³/mol. The molecule has 0 heterocycles. The van der Waals surface area contributed by atoms with Crippen molar-refractivity contribution in [2.24, 2.45) is 5.92 Å². The Morgan fingerprint density at radius 1 is 1.10 bits per heavy atom. The number of halogens is 2. The zero-order valence-electron chi connectivity index (χ0n) is 10.7. The Balaban J connectivity index is 2.14. The van der Waals surface area contributed by atoms with Crippen molar-refractivity contribution < 1.29 is 14.3 Å². The van der Waals surface area contributed by atoms with Crippen LogP contribution in [0.3, 0.4) is 0 Å². The van der Waals surface area contributed by atoms with Gasteiger partial charge in [0.15, 0.2) is 0 Å². The largest absolute Gasteiger partial charge is 0.481 e. The van der Waals surface area contributed by atoms with E-state index in [9.17, 15) is 14.3 Å². The van der Waals surface area contributed by atoms with E-state index in [4.69, 9.17) is 11.6 Å². The van der Waals surface area contributed by atoms with Crippen molar-refractivity contribution in [1.82, 2.24) is 0 Å².